The number of non-ortho nitro benzene ring substituents is 1. The van der Waals surface area contributed by atoms with Crippen LogP contribution in [-0.4, -0.2) is 28.5 Å². The summed E-state index contributed by atoms with van der Waals surface area (Å²) < 4.78 is 0. The number of carboxylic acid groups (broad SMARTS) is 1. The van der Waals surface area contributed by atoms with E-state index in [1.165, 1.54) is 12.1 Å². The summed E-state index contributed by atoms with van der Waals surface area (Å²) in [6, 6.07) is 10.1. The highest BCUT2D eigenvalue weighted by Crippen LogP contribution is 2.27. The second-order valence-corrected chi connectivity index (χ2v) is 4.77. The van der Waals surface area contributed by atoms with Crippen LogP contribution < -0.4 is 5.32 Å². The minimum Gasteiger partial charge on any atom is -0.478 e. The van der Waals surface area contributed by atoms with Gasteiger partial charge in [-0.3, -0.25) is 14.9 Å². The molecule has 0 bridgehead atoms. The first-order valence-corrected chi connectivity index (χ1v) is 6.83. The SMILES string of the molecule is CCNC(=O)c1cccc(-c2cc(C(=O)O)cc([N+](=O)[O-])c2)c1. The average Bonchev–Trinajstić information content (AvgIpc) is 2.54. The van der Waals surface area contributed by atoms with Crippen molar-refractivity contribution in [3.63, 3.8) is 0 Å². The number of nitro benzene ring substituents is 1. The molecule has 23 heavy (non-hydrogen) atoms. The van der Waals surface area contributed by atoms with E-state index in [0.717, 1.165) is 6.07 Å². The van der Waals surface area contributed by atoms with E-state index in [9.17, 15) is 19.7 Å². The van der Waals surface area contributed by atoms with Gasteiger partial charge >= 0.3 is 5.97 Å². The van der Waals surface area contributed by atoms with Crippen LogP contribution in [0.2, 0.25) is 0 Å². The van der Waals surface area contributed by atoms with Gasteiger partial charge in [0.05, 0.1) is 10.5 Å². The van der Waals surface area contributed by atoms with E-state index < -0.39 is 10.9 Å². The van der Waals surface area contributed by atoms with Crippen molar-refractivity contribution in [3.8, 4) is 11.1 Å². The Morgan fingerprint density at radius 3 is 2.43 bits per heavy atom. The number of carbonyl (C=O) groups excluding carboxylic acids is 1. The van der Waals surface area contributed by atoms with E-state index in [0.29, 0.717) is 23.2 Å². The van der Waals surface area contributed by atoms with Crippen molar-refractivity contribution in [2.75, 3.05) is 6.54 Å². The van der Waals surface area contributed by atoms with Gasteiger partial charge in [0.15, 0.2) is 0 Å². The number of amides is 1. The third kappa shape index (κ3) is 3.70. The number of hydrogen-bond acceptors (Lipinski definition) is 4. The van der Waals surface area contributed by atoms with Crippen LogP contribution in [0.15, 0.2) is 42.5 Å². The van der Waals surface area contributed by atoms with Gasteiger partial charge in [-0.15, -0.1) is 0 Å². The van der Waals surface area contributed by atoms with Gasteiger partial charge in [0.1, 0.15) is 0 Å². The molecule has 0 saturated carbocycles. The minimum absolute atomic E-state index is 0.183. The molecular weight excluding hydrogens is 300 g/mol. The molecule has 0 spiro atoms. The Morgan fingerprint density at radius 2 is 1.83 bits per heavy atom. The van der Waals surface area contributed by atoms with E-state index in [1.54, 1.807) is 31.2 Å². The molecule has 1 amide bonds. The number of rotatable bonds is 5. The predicted octanol–water partition coefficient (Wildman–Crippen LogP) is 2.71. The molecule has 0 heterocycles. The predicted molar refractivity (Wildman–Crippen MR) is 83.5 cm³/mol. The lowest BCUT2D eigenvalue weighted by atomic mass is 10.00. The summed E-state index contributed by atoms with van der Waals surface area (Å²) in [4.78, 5) is 33.3. The van der Waals surface area contributed by atoms with E-state index >= 15 is 0 Å². The summed E-state index contributed by atoms with van der Waals surface area (Å²) in [5, 5.41) is 22.7. The largest absolute Gasteiger partial charge is 0.478 e. The van der Waals surface area contributed by atoms with Crippen LogP contribution in [0.25, 0.3) is 11.1 Å². The number of benzene rings is 2. The first-order chi connectivity index (χ1) is 10.9. The van der Waals surface area contributed by atoms with Crippen LogP contribution in [0.1, 0.15) is 27.6 Å². The van der Waals surface area contributed by atoms with Gasteiger partial charge in [-0.25, -0.2) is 4.79 Å². The molecule has 7 nitrogen and oxygen atoms in total. The Hall–Kier alpha value is -3.22. The first-order valence-electron chi connectivity index (χ1n) is 6.83. The fraction of sp³-hybridized carbons (Fsp3) is 0.125. The monoisotopic (exact) mass is 314 g/mol. The molecule has 0 fully saturated rings. The molecule has 0 aliphatic carbocycles. The van der Waals surface area contributed by atoms with Crippen molar-refractivity contribution in [2.45, 2.75) is 6.92 Å². The summed E-state index contributed by atoms with van der Waals surface area (Å²) in [7, 11) is 0. The maximum absolute atomic E-state index is 11.9. The summed E-state index contributed by atoms with van der Waals surface area (Å²) >= 11 is 0. The van der Waals surface area contributed by atoms with Crippen molar-refractivity contribution in [1.82, 2.24) is 5.32 Å². The molecule has 118 valence electrons. The smallest absolute Gasteiger partial charge is 0.335 e. The molecule has 0 aliphatic heterocycles. The summed E-state index contributed by atoms with van der Waals surface area (Å²) in [5.74, 6) is -1.52. The Morgan fingerprint density at radius 1 is 1.13 bits per heavy atom. The molecule has 7 heteroatoms. The number of aromatic carboxylic acids is 1. The van der Waals surface area contributed by atoms with Gasteiger partial charge < -0.3 is 10.4 Å². The van der Waals surface area contributed by atoms with Crippen molar-refractivity contribution in [1.29, 1.82) is 0 Å². The molecular formula is C16H14N2O5. The topological polar surface area (TPSA) is 110 Å². The molecule has 2 aromatic carbocycles. The molecule has 0 aliphatic rings. The van der Waals surface area contributed by atoms with Crippen LogP contribution in [0.3, 0.4) is 0 Å². The Bertz CT molecular complexity index is 754. The van der Waals surface area contributed by atoms with E-state index in [2.05, 4.69) is 5.32 Å². The molecule has 0 unspecified atom stereocenters. The zero-order chi connectivity index (χ0) is 17.0. The third-order valence-corrected chi connectivity index (χ3v) is 3.17. The van der Waals surface area contributed by atoms with Crippen LogP contribution in [-0.2, 0) is 0 Å². The summed E-state index contributed by atoms with van der Waals surface area (Å²) in [5.41, 5.74) is 0.788. The normalized spacial score (nSPS) is 10.1. The van der Waals surface area contributed by atoms with Gasteiger partial charge in [-0.1, -0.05) is 12.1 Å². The minimum atomic E-state index is -1.25. The maximum atomic E-state index is 11.9. The molecule has 2 N–H and O–H groups in total. The summed E-state index contributed by atoms with van der Waals surface area (Å²) in [6.45, 7) is 2.27. The highest BCUT2D eigenvalue weighted by molar-refractivity contribution is 5.96. The van der Waals surface area contributed by atoms with E-state index in [4.69, 9.17) is 5.11 Å². The van der Waals surface area contributed by atoms with Crippen LogP contribution in [0, 0.1) is 10.1 Å². The second kappa shape index (κ2) is 6.69. The average molecular weight is 314 g/mol. The van der Waals surface area contributed by atoms with Crippen molar-refractivity contribution >= 4 is 17.6 Å². The Kier molecular flexibility index (Phi) is 4.70. The lowest BCUT2D eigenvalue weighted by Crippen LogP contribution is -2.22. The molecule has 0 radical (unpaired) electrons. The molecule has 0 saturated heterocycles. The lowest BCUT2D eigenvalue weighted by Gasteiger charge is -2.07. The van der Waals surface area contributed by atoms with Gasteiger partial charge in [0.25, 0.3) is 11.6 Å². The van der Waals surface area contributed by atoms with Crippen molar-refractivity contribution < 1.29 is 19.6 Å². The van der Waals surface area contributed by atoms with Crippen LogP contribution in [0.5, 0.6) is 0 Å². The molecule has 2 aromatic rings. The van der Waals surface area contributed by atoms with Gasteiger partial charge in [0.2, 0.25) is 0 Å². The fourth-order valence-electron chi connectivity index (χ4n) is 2.11. The quantitative estimate of drug-likeness (QED) is 0.651. The van der Waals surface area contributed by atoms with Gasteiger partial charge in [-0.2, -0.15) is 0 Å². The highest BCUT2D eigenvalue weighted by Gasteiger charge is 2.15. The Balaban J connectivity index is 2.53. The third-order valence-electron chi connectivity index (χ3n) is 3.17. The standard InChI is InChI=1S/C16H14N2O5/c1-2-17-15(19)11-5-3-4-10(6-11)12-7-13(16(20)21)9-14(8-12)18(22)23/h3-9H,2H2,1H3,(H,17,19)(H,20,21). The van der Waals surface area contributed by atoms with Crippen LogP contribution >= 0.6 is 0 Å². The zero-order valence-electron chi connectivity index (χ0n) is 12.3. The van der Waals surface area contributed by atoms with Crippen molar-refractivity contribution in [2.24, 2.45) is 0 Å². The fourth-order valence-corrected chi connectivity index (χ4v) is 2.11. The van der Waals surface area contributed by atoms with Crippen LogP contribution in [0.4, 0.5) is 5.69 Å². The number of nitrogens with zero attached hydrogens (tertiary/aromatic N) is 1. The number of nitrogens with one attached hydrogen (secondary N) is 1. The molecule has 0 aromatic heterocycles. The van der Waals surface area contributed by atoms with Crippen molar-refractivity contribution in [3.05, 3.63) is 63.7 Å². The number of carboxylic acids is 1. The maximum Gasteiger partial charge on any atom is 0.335 e. The number of hydrogen-bond donors (Lipinski definition) is 2. The van der Waals surface area contributed by atoms with E-state index in [1.807, 2.05) is 0 Å². The molecule has 2 rings (SSSR count). The number of nitro groups is 1. The van der Waals surface area contributed by atoms with E-state index in [-0.39, 0.29) is 17.2 Å². The lowest BCUT2D eigenvalue weighted by molar-refractivity contribution is -0.384. The summed E-state index contributed by atoms with van der Waals surface area (Å²) in [6.07, 6.45) is 0. The Labute approximate surface area is 131 Å². The first kappa shape index (κ1) is 16.2. The van der Waals surface area contributed by atoms with Gasteiger partial charge in [-0.05, 0) is 36.2 Å². The number of carbonyl (C=O) groups is 2. The molecule has 0 atom stereocenters. The highest BCUT2D eigenvalue weighted by atomic mass is 16.6. The van der Waals surface area contributed by atoms with Gasteiger partial charge in [0, 0.05) is 24.2 Å². The zero-order valence-corrected chi connectivity index (χ0v) is 12.3. The second-order valence-electron chi connectivity index (χ2n) is 4.77.